The van der Waals surface area contributed by atoms with Crippen LogP contribution in [0.5, 0.6) is 0 Å². The molecule has 1 N–H and O–H groups in total. The van der Waals surface area contributed by atoms with Gasteiger partial charge in [0, 0.05) is 21.0 Å². The molecule has 1 aromatic heterocycles. The summed E-state index contributed by atoms with van der Waals surface area (Å²) in [4.78, 5) is 13.2. The van der Waals surface area contributed by atoms with Gasteiger partial charge in [-0.05, 0) is 37.6 Å². The van der Waals surface area contributed by atoms with E-state index in [4.69, 9.17) is 11.6 Å². The van der Waals surface area contributed by atoms with Gasteiger partial charge in [-0.25, -0.2) is 0 Å². The molecule has 0 bridgehead atoms. The van der Waals surface area contributed by atoms with Crippen LogP contribution in [-0.2, 0) is 0 Å². The summed E-state index contributed by atoms with van der Waals surface area (Å²) in [6, 6.07) is 7.13. The molecule has 0 atom stereocenters. The predicted octanol–water partition coefficient (Wildman–Crippen LogP) is 4.27. The van der Waals surface area contributed by atoms with Crippen molar-refractivity contribution >= 4 is 34.5 Å². The van der Waals surface area contributed by atoms with Crippen molar-refractivity contribution in [3.63, 3.8) is 0 Å². The standard InChI is InChI=1S/C13H12ClNOS/c1-8-9(2)17-7-12(8)13(16)15-11-5-3-4-10(14)6-11/h3-7H,1-2H3,(H,15,16). The summed E-state index contributed by atoms with van der Waals surface area (Å²) in [7, 11) is 0. The van der Waals surface area contributed by atoms with E-state index >= 15 is 0 Å². The molecular formula is C13H12ClNOS. The maximum absolute atomic E-state index is 12.0. The van der Waals surface area contributed by atoms with Gasteiger partial charge in [0.15, 0.2) is 0 Å². The quantitative estimate of drug-likeness (QED) is 0.863. The van der Waals surface area contributed by atoms with Gasteiger partial charge < -0.3 is 5.32 Å². The molecule has 0 aliphatic heterocycles. The summed E-state index contributed by atoms with van der Waals surface area (Å²) in [5, 5.41) is 5.33. The molecule has 1 heterocycles. The van der Waals surface area contributed by atoms with E-state index < -0.39 is 0 Å². The van der Waals surface area contributed by atoms with E-state index in [1.807, 2.05) is 31.4 Å². The molecule has 0 aliphatic carbocycles. The lowest BCUT2D eigenvalue weighted by molar-refractivity contribution is 0.102. The molecule has 2 nitrogen and oxygen atoms in total. The lowest BCUT2D eigenvalue weighted by Gasteiger charge is -2.05. The fourth-order valence-electron chi connectivity index (χ4n) is 1.50. The minimum Gasteiger partial charge on any atom is -0.322 e. The molecule has 0 fully saturated rings. The number of benzene rings is 1. The molecule has 0 aliphatic rings. The Bertz CT molecular complexity index is 562. The van der Waals surface area contributed by atoms with Crippen LogP contribution in [0.3, 0.4) is 0 Å². The van der Waals surface area contributed by atoms with Crippen LogP contribution in [-0.4, -0.2) is 5.91 Å². The van der Waals surface area contributed by atoms with Crippen molar-refractivity contribution < 1.29 is 4.79 Å². The van der Waals surface area contributed by atoms with Gasteiger partial charge in [-0.2, -0.15) is 0 Å². The van der Waals surface area contributed by atoms with Crippen molar-refractivity contribution in [3.05, 3.63) is 50.7 Å². The molecule has 17 heavy (non-hydrogen) atoms. The lowest BCUT2D eigenvalue weighted by Crippen LogP contribution is -2.12. The van der Waals surface area contributed by atoms with E-state index in [2.05, 4.69) is 5.32 Å². The Hall–Kier alpha value is -1.32. The van der Waals surface area contributed by atoms with Crippen molar-refractivity contribution in [1.82, 2.24) is 0 Å². The van der Waals surface area contributed by atoms with Gasteiger partial charge in [-0.3, -0.25) is 4.79 Å². The summed E-state index contributed by atoms with van der Waals surface area (Å²) >= 11 is 7.45. The highest BCUT2D eigenvalue weighted by Gasteiger charge is 2.12. The lowest BCUT2D eigenvalue weighted by atomic mass is 10.1. The number of amides is 1. The third-order valence-electron chi connectivity index (χ3n) is 2.61. The molecule has 0 saturated carbocycles. The summed E-state index contributed by atoms with van der Waals surface area (Å²) in [6.45, 7) is 3.97. The number of hydrogen-bond donors (Lipinski definition) is 1. The second-order valence-electron chi connectivity index (χ2n) is 3.80. The van der Waals surface area contributed by atoms with Crippen LogP contribution >= 0.6 is 22.9 Å². The Balaban J connectivity index is 2.20. The number of rotatable bonds is 2. The van der Waals surface area contributed by atoms with E-state index in [9.17, 15) is 4.79 Å². The van der Waals surface area contributed by atoms with Crippen LogP contribution < -0.4 is 5.32 Å². The number of nitrogens with one attached hydrogen (secondary N) is 1. The molecule has 1 amide bonds. The van der Waals surface area contributed by atoms with Crippen molar-refractivity contribution in [1.29, 1.82) is 0 Å². The highest BCUT2D eigenvalue weighted by atomic mass is 35.5. The number of carbonyl (C=O) groups is 1. The van der Waals surface area contributed by atoms with E-state index in [1.165, 1.54) is 4.88 Å². The zero-order chi connectivity index (χ0) is 12.4. The van der Waals surface area contributed by atoms with Gasteiger partial charge in [-0.1, -0.05) is 17.7 Å². The van der Waals surface area contributed by atoms with Crippen LogP contribution in [0.2, 0.25) is 5.02 Å². The Morgan fingerprint density at radius 3 is 2.71 bits per heavy atom. The highest BCUT2D eigenvalue weighted by molar-refractivity contribution is 7.10. The number of anilines is 1. The molecular weight excluding hydrogens is 254 g/mol. The second-order valence-corrected chi connectivity index (χ2v) is 5.32. The van der Waals surface area contributed by atoms with Crippen molar-refractivity contribution in [2.24, 2.45) is 0 Å². The second kappa shape index (κ2) is 4.90. The smallest absolute Gasteiger partial charge is 0.256 e. The average molecular weight is 266 g/mol. The van der Waals surface area contributed by atoms with Crippen LogP contribution in [0.1, 0.15) is 20.8 Å². The topological polar surface area (TPSA) is 29.1 Å². The molecule has 4 heteroatoms. The number of aryl methyl sites for hydroxylation is 1. The Morgan fingerprint density at radius 1 is 1.35 bits per heavy atom. The summed E-state index contributed by atoms with van der Waals surface area (Å²) in [5.74, 6) is -0.0888. The third kappa shape index (κ3) is 2.68. The number of carbonyl (C=O) groups excluding carboxylic acids is 1. The predicted molar refractivity (Wildman–Crippen MR) is 73.2 cm³/mol. The van der Waals surface area contributed by atoms with Gasteiger partial charge in [0.2, 0.25) is 0 Å². The van der Waals surface area contributed by atoms with Gasteiger partial charge in [0.1, 0.15) is 0 Å². The van der Waals surface area contributed by atoms with Gasteiger partial charge >= 0.3 is 0 Å². The molecule has 2 rings (SSSR count). The summed E-state index contributed by atoms with van der Waals surface area (Å²) in [6.07, 6.45) is 0. The highest BCUT2D eigenvalue weighted by Crippen LogP contribution is 2.22. The molecule has 2 aromatic rings. The summed E-state index contributed by atoms with van der Waals surface area (Å²) in [5.41, 5.74) is 2.48. The minimum atomic E-state index is -0.0888. The fraction of sp³-hybridized carbons (Fsp3) is 0.154. The number of halogens is 1. The molecule has 0 radical (unpaired) electrons. The molecule has 88 valence electrons. The number of thiophene rings is 1. The average Bonchev–Trinajstić information content (AvgIpc) is 2.60. The fourth-order valence-corrected chi connectivity index (χ4v) is 2.56. The van der Waals surface area contributed by atoms with Crippen LogP contribution in [0.4, 0.5) is 5.69 Å². The Labute approximate surface area is 109 Å². The van der Waals surface area contributed by atoms with E-state index in [-0.39, 0.29) is 5.91 Å². The maximum Gasteiger partial charge on any atom is 0.256 e. The first-order chi connectivity index (χ1) is 8.08. The van der Waals surface area contributed by atoms with E-state index in [0.29, 0.717) is 10.7 Å². The van der Waals surface area contributed by atoms with E-state index in [1.54, 1.807) is 23.5 Å². The van der Waals surface area contributed by atoms with Crippen molar-refractivity contribution in [3.8, 4) is 0 Å². The third-order valence-corrected chi connectivity index (χ3v) is 3.86. The maximum atomic E-state index is 12.0. The van der Waals surface area contributed by atoms with Crippen LogP contribution in [0, 0.1) is 13.8 Å². The van der Waals surface area contributed by atoms with Crippen molar-refractivity contribution in [2.45, 2.75) is 13.8 Å². The molecule has 0 unspecified atom stereocenters. The first kappa shape index (κ1) is 12.1. The SMILES string of the molecule is Cc1scc(C(=O)Nc2cccc(Cl)c2)c1C. The zero-order valence-corrected chi connectivity index (χ0v) is 11.2. The largest absolute Gasteiger partial charge is 0.322 e. The summed E-state index contributed by atoms with van der Waals surface area (Å²) < 4.78 is 0. The molecule has 1 aromatic carbocycles. The van der Waals surface area contributed by atoms with Crippen LogP contribution in [0.15, 0.2) is 29.6 Å². The zero-order valence-electron chi connectivity index (χ0n) is 9.58. The molecule has 0 saturated heterocycles. The van der Waals surface area contributed by atoms with Gasteiger partial charge in [-0.15, -0.1) is 11.3 Å². The van der Waals surface area contributed by atoms with Crippen molar-refractivity contribution in [2.75, 3.05) is 5.32 Å². The normalized spacial score (nSPS) is 10.3. The monoisotopic (exact) mass is 265 g/mol. The minimum absolute atomic E-state index is 0.0888. The molecule has 0 spiro atoms. The van der Waals surface area contributed by atoms with Gasteiger partial charge in [0.25, 0.3) is 5.91 Å². The van der Waals surface area contributed by atoms with Gasteiger partial charge in [0.05, 0.1) is 5.56 Å². The first-order valence-corrected chi connectivity index (χ1v) is 6.45. The Morgan fingerprint density at radius 2 is 2.12 bits per heavy atom. The Kier molecular flexibility index (Phi) is 3.50. The number of hydrogen-bond acceptors (Lipinski definition) is 2. The first-order valence-electron chi connectivity index (χ1n) is 5.19. The van der Waals surface area contributed by atoms with Crippen LogP contribution in [0.25, 0.3) is 0 Å². The van der Waals surface area contributed by atoms with E-state index in [0.717, 1.165) is 11.1 Å².